The van der Waals surface area contributed by atoms with Gasteiger partial charge in [-0.2, -0.15) is 21.6 Å². The van der Waals surface area contributed by atoms with Crippen LogP contribution in [-0.2, 0) is 16.5 Å². The molecular weight excluding hydrogens is 390 g/mol. The molecule has 5 nitrogen and oxygen atoms in total. The highest BCUT2D eigenvalue weighted by molar-refractivity contribution is 7.88. The molecule has 0 amide bonds. The Morgan fingerprint density at radius 1 is 1.26 bits per heavy atom. The molecular formula is C17H21F4NO4S. The van der Waals surface area contributed by atoms with Gasteiger partial charge in [0.25, 0.3) is 0 Å². The summed E-state index contributed by atoms with van der Waals surface area (Å²) < 4.78 is 84.6. The third kappa shape index (κ3) is 4.01. The van der Waals surface area contributed by atoms with Crippen molar-refractivity contribution >= 4 is 10.1 Å². The molecule has 1 heterocycles. The highest BCUT2D eigenvalue weighted by Crippen LogP contribution is 2.40. The molecule has 1 aromatic rings. The van der Waals surface area contributed by atoms with Gasteiger partial charge in [0.1, 0.15) is 12.4 Å². The van der Waals surface area contributed by atoms with Crippen molar-refractivity contribution in [2.24, 2.45) is 0 Å². The monoisotopic (exact) mass is 411 g/mol. The van der Waals surface area contributed by atoms with E-state index in [1.165, 1.54) is 0 Å². The first-order valence-corrected chi connectivity index (χ1v) is 10.3. The molecule has 1 aliphatic heterocycles. The van der Waals surface area contributed by atoms with Gasteiger partial charge in [-0.15, -0.1) is 0 Å². The van der Waals surface area contributed by atoms with Crippen LogP contribution in [0.4, 0.5) is 17.6 Å². The van der Waals surface area contributed by atoms with E-state index < -0.39 is 27.2 Å². The summed E-state index contributed by atoms with van der Waals surface area (Å²) in [5, 5.41) is 0. The number of rotatable bonds is 6. The maximum absolute atomic E-state index is 14.1. The standard InChI is InChI=1S/C17H21F4NO4S/c1-2-8-22(11-4-3-5-11)12-9-13-15(26-27(23,24)17(19,20)21)7-6-14(18)16(13)25-10-12/h6-7,11-12H,2-5,8-10H2,1H3. The summed E-state index contributed by atoms with van der Waals surface area (Å²) in [6, 6.07) is 1.92. The fraction of sp³-hybridized carbons (Fsp3) is 0.647. The van der Waals surface area contributed by atoms with E-state index in [-0.39, 0.29) is 30.4 Å². The lowest BCUT2D eigenvalue weighted by molar-refractivity contribution is -0.0500. The quantitative estimate of drug-likeness (QED) is 0.407. The maximum atomic E-state index is 14.1. The summed E-state index contributed by atoms with van der Waals surface area (Å²) in [6.45, 7) is 2.99. The van der Waals surface area contributed by atoms with E-state index in [0.29, 0.717) is 6.04 Å². The summed E-state index contributed by atoms with van der Waals surface area (Å²) in [7, 11) is -5.85. The van der Waals surface area contributed by atoms with Gasteiger partial charge in [0, 0.05) is 17.6 Å². The van der Waals surface area contributed by atoms with Gasteiger partial charge in [-0.3, -0.25) is 4.90 Å². The summed E-state index contributed by atoms with van der Waals surface area (Å²) in [4.78, 5) is 2.22. The molecule has 1 atom stereocenters. The second-order valence-electron chi connectivity index (χ2n) is 6.83. The van der Waals surface area contributed by atoms with Crippen molar-refractivity contribution in [3.8, 4) is 11.5 Å². The molecule has 0 saturated heterocycles. The van der Waals surface area contributed by atoms with E-state index >= 15 is 0 Å². The van der Waals surface area contributed by atoms with Crippen molar-refractivity contribution in [3.05, 3.63) is 23.5 Å². The number of ether oxygens (including phenoxy) is 1. The fourth-order valence-corrected chi connectivity index (χ4v) is 3.99. The lowest BCUT2D eigenvalue weighted by Crippen LogP contribution is -2.51. The zero-order valence-corrected chi connectivity index (χ0v) is 15.6. The highest BCUT2D eigenvalue weighted by atomic mass is 32.2. The molecule has 0 radical (unpaired) electrons. The largest absolute Gasteiger partial charge is 0.534 e. The van der Waals surface area contributed by atoms with Crippen molar-refractivity contribution in [1.82, 2.24) is 4.90 Å². The predicted octanol–water partition coefficient (Wildman–Crippen LogP) is 3.62. The minimum Gasteiger partial charge on any atom is -0.488 e. The Morgan fingerprint density at radius 3 is 2.52 bits per heavy atom. The first-order valence-electron chi connectivity index (χ1n) is 8.84. The Balaban J connectivity index is 1.90. The minimum atomic E-state index is -5.85. The summed E-state index contributed by atoms with van der Waals surface area (Å²) in [5.74, 6) is -1.55. The zero-order valence-electron chi connectivity index (χ0n) is 14.8. The maximum Gasteiger partial charge on any atom is 0.534 e. The molecule has 0 spiro atoms. The van der Waals surface area contributed by atoms with E-state index in [2.05, 4.69) is 9.08 Å². The molecule has 0 N–H and O–H groups in total. The van der Waals surface area contributed by atoms with Crippen LogP contribution in [0, 0.1) is 5.82 Å². The van der Waals surface area contributed by atoms with Crippen molar-refractivity contribution in [1.29, 1.82) is 0 Å². The molecule has 2 aliphatic rings. The molecule has 0 bridgehead atoms. The second-order valence-corrected chi connectivity index (χ2v) is 8.37. The average Bonchev–Trinajstić information content (AvgIpc) is 2.54. The number of fused-ring (bicyclic) bond motifs is 1. The number of halogens is 4. The van der Waals surface area contributed by atoms with E-state index in [4.69, 9.17) is 4.74 Å². The average molecular weight is 411 g/mol. The molecule has 27 heavy (non-hydrogen) atoms. The number of nitrogens with zero attached hydrogens (tertiary/aromatic N) is 1. The van der Waals surface area contributed by atoms with Crippen LogP contribution in [-0.4, -0.2) is 44.1 Å². The van der Waals surface area contributed by atoms with Crippen LogP contribution in [0.5, 0.6) is 11.5 Å². The molecule has 1 fully saturated rings. The van der Waals surface area contributed by atoms with Crippen LogP contribution < -0.4 is 8.92 Å². The second kappa shape index (κ2) is 7.46. The van der Waals surface area contributed by atoms with Crippen LogP contribution in [0.1, 0.15) is 38.2 Å². The normalized spacial score (nSPS) is 20.7. The van der Waals surface area contributed by atoms with Crippen LogP contribution in [0.2, 0.25) is 0 Å². The number of hydrogen-bond acceptors (Lipinski definition) is 5. The van der Waals surface area contributed by atoms with Gasteiger partial charge in [0.15, 0.2) is 11.6 Å². The third-order valence-electron chi connectivity index (χ3n) is 5.01. The Bertz CT molecular complexity index is 793. The first-order chi connectivity index (χ1) is 12.6. The van der Waals surface area contributed by atoms with E-state index in [0.717, 1.165) is 44.4 Å². The summed E-state index contributed by atoms with van der Waals surface area (Å²) in [5.41, 5.74) is -5.55. The van der Waals surface area contributed by atoms with E-state index in [1.54, 1.807) is 0 Å². The zero-order chi connectivity index (χ0) is 19.8. The predicted molar refractivity (Wildman–Crippen MR) is 89.6 cm³/mol. The summed E-state index contributed by atoms with van der Waals surface area (Å²) in [6.07, 6.45) is 4.21. The van der Waals surface area contributed by atoms with E-state index in [9.17, 15) is 26.0 Å². The van der Waals surface area contributed by atoms with Crippen molar-refractivity contribution in [3.63, 3.8) is 0 Å². The molecule has 10 heteroatoms. The molecule has 1 aromatic carbocycles. The molecule has 152 valence electrons. The van der Waals surface area contributed by atoms with E-state index in [1.807, 2.05) is 6.92 Å². The molecule has 1 unspecified atom stereocenters. The van der Waals surface area contributed by atoms with Crippen LogP contribution in [0.25, 0.3) is 0 Å². The lowest BCUT2D eigenvalue weighted by Gasteiger charge is -2.44. The number of benzene rings is 1. The van der Waals surface area contributed by atoms with Gasteiger partial charge >= 0.3 is 15.6 Å². The Hall–Kier alpha value is -1.55. The van der Waals surface area contributed by atoms with Crippen molar-refractivity contribution in [2.75, 3.05) is 13.2 Å². The Kier molecular flexibility index (Phi) is 5.58. The van der Waals surface area contributed by atoms with Gasteiger partial charge in [-0.25, -0.2) is 4.39 Å². The van der Waals surface area contributed by atoms with Gasteiger partial charge in [0.05, 0.1) is 0 Å². The Labute approximate surface area is 155 Å². The first kappa shape index (κ1) is 20.2. The lowest BCUT2D eigenvalue weighted by atomic mass is 9.88. The SMILES string of the molecule is CCCN(C1CCC1)C1COc2c(F)ccc(OS(=O)(=O)C(F)(F)F)c2C1. The van der Waals surface area contributed by atoms with Crippen LogP contribution in [0.3, 0.4) is 0 Å². The molecule has 0 aromatic heterocycles. The smallest absolute Gasteiger partial charge is 0.488 e. The van der Waals surface area contributed by atoms with Crippen molar-refractivity contribution in [2.45, 2.75) is 56.6 Å². The molecule has 3 rings (SSSR count). The fourth-order valence-electron chi connectivity index (χ4n) is 3.50. The highest BCUT2D eigenvalue weighted by Gasteiger charge is 2.49. The number of alkyl halides is 3. The van der Waals surface area contributed by atoms with Crippen LogP contribution in [0.15, 0.2) is 12.1 Å². The molecule has 1 saturated carbocycles. The van der Waals surface area contributed by atoms with Gasteiger partial charge in [0.2, 0.25) is 0 Å². The third-order valence-corrected chi connectivity index (χ3v) is 5.97. The van der Waals surface area contributed by atoms with Crippen LogP contribution >= 0.6 is 0 Å². The topological polar surface area (TPSA) is 55.8 Å². The number of hydrogen-bond donors (Lipinski definition) is 0. The summed E-state index contributed by atoms with van der Waals surface area (Å²) >= 11 is 0. The van der Waals surface area contributed by atoms with Crippen molar-refractivity contribution < 1.29 is 34.9 Å². The van der Waals surface area contributed by atoms with Gasteiger partial charge in [-0.1, -0.05) is 13.3 Å². The van der Waals surface area contributed by atoms with Gasteiger partial charge in [-0.05, 0) is 44.4 Å². The Morgan fingerprint density at radius 2 is 1.96 bits per heavy atom. The molecule has 1 aliphatic carbocycles. The minimum absolute atomic E-state index is 0.0134. The van der Waals surface area contributed by atoms with Gasteiger partial charge < -0.3 is 8.92 Å².